The molecule has 1 amide bonds. The molecule has 1 aromatic carbocycles. The van der Waals surface area contributed by atoms with E-state index in [9.17, 15) is 9.90 Å². The molecule has 3 aromatic rings. The zero-order valence-corrected chi connectivity index (χ0v) is 28.6. The highest BCUT2D eigenvalue weighted by Crippen LogP contribution is 2.43. The van der Waals surface area contributed by atoms with E-state index in [-0.39, 0.29) is 24.1 Å². The van der Waals surface area contributed by atoms with Crippen molar-refractivity contribution in [3.8, 4) is 17.0 Å². The van der Waals surface area contributed by atoms with Crippen molar-refractivity contribution >= 4 is 25.9 Å². The molecule has 1 aliphatic heterocycles. The van der Waals surface area contributed by atoms with Crippen LogP contribution in [0, 0.1) is 0 Å². The van der Waals surface area contributed by atoms with Gasteiger partial charge >= 0.3 is 6.09 Å². The van der Waals surface area contributed by atoms with Crippen LogP contribution in [0.5, 0.6) is 5.75 Å². The van der Waals surface area contributed by atoms with Crippen LogP contribution in [0.3, 0.4) is 0 Å². The molecule has 1 N–H and O–H groups in total. The SMILES string of the molecule is CC(C)c1cnn2c(N3CCOCC3)cc(-c3cc(OCC(CN(C)C(=O)O)O[Si](C)(C)C(C)(C)C)cc(C4CC4)c3)nc12. The fourth-order valence-corrected chi connectivity index (χ4v) is 6.66. The molecule has 3 heterocycles. The van der Waals surface area contributed by atoms with Crippen LogP contribution in [-0.2, 0) is 9.16 Å². The summed E-state index contributed by atoms with van der Waals surface area (Å²) in [7, 11) is -0.603. The molecule has 2 fully saturated rings. The van der Waals surface area contributed by atoms with Gasteiger partial charge < -0.3 is 28.8 Å². The first-order chi connectivity index (χ1) is 20.7. The summed E-state index contributed by atoms with van der Waals surface area (Å²) < 4.78 is 20.8. The maximum absolute atomic E-state index is 11.7. The summed E-state index contributed by atoms with van der Waals surface area (Å²) in [5.74, 6) is 2.56. The molecule has 10 nitrogen and oxygen atoms in total. The van der Waals surface area contributed by atoms with Gasteiger partial charge in [-0.1, -0.05) is 34.6 Å². The summed E-state index contributed by atoms with van der Waals surface area (Å²) in [6, 6.07) is 8.57. The molecular weight excluding hydrogens is 574 g/mol. The van der Waals surface area contributed by atoms with Gasteiger partial charge in [-0.15, -0.1) is 0 Å². The Hall–Kier alpha value is -3.15. The van der Waals surface area contributed by atoms with Gasteiger partial charge in [-0.2, -0.15) is 9.61 Å². The topological polar surface area (TPSA) is 102 Å². The monoisotopic (exact) mass is 623 g/mol. The molecule has 1 atom stereocenters. The molecule has 2 aliphatic rings. The lowest BCUT2D eigenvalue weighted by Gasteiger charge is -2.39. The summed E-state index contributed by atoms with van der Waals surface area (Å²) in [6.45, 7) is 18.7. The Morgan fingerprint density at radius 3 is 2.48 bits per heavy atom. The van der Waals surface area contributed by atoms with Crippen molar-refractivity contribution < 1.29 is 23.8 Å². The van der Waals surface area contributed by atoms with E-state index in [0.717, 1.165) is 60.0 Å². The molecule has 0 bridgehead atoms. The van der Waals surface area contributed by atoms with Crippen LogP contribution in [0.15, 0.2) is 30.5 Å². The Kier molecular flexibility index (Phi) is 9.30. The number of aromatic nitrogens is 3. The van der Waals surface area contributed by atoms with Gasteiger partial charge in [-0.05, 0) is 66.6 Å². The van der Waals surface area contributed by atoms with E-state index in [1.807, 2.05) is 10.7 Å². The minimum atomic E-state index is -2.18. The molecule has 44 heavy (non-hydrogen) atoms. The largest absolute Gasteiger partial charge is 0.491 e. The van der Waals surface area contributed by atoms with Gasteiger partial charge in [0.05, 0.1) is 37.8 Å². The Balaban J connectivity index is 1.50. The molecule has 1 unspecified atom stereocenters. The fourth-order valence-electron chi connectivity index (χ4n) is 5.33. The van der Waals surface area contributed by atoms with Gasteiger partial charge in [0.1, 0.15) is 18.2 Å². The zero-order chi connectivity index (χ0) is 31.8. The average molecular weight is 624 g/mol. The third kappa shape index (κ3) is 7.21. The Labute approximate surface area is 262 Å². The van der Waals surface area contributed by atoms with Gasteiger partial charge in [0.2, 0.25) is 0 Å². The number of carboxylic acid groups (broad SMARTS) is 1. The number of rotatable bonds is 11. The number of likely N-dealkylation sites (N-methyl/N-ethyl adjacent to an activating group) is 1. The van der Waals surface area contributed by atoms with E-state index in [4.69, 9.17) is 24.0 Å². The first-order valence-electron chi connectivity index (χ1n) is 15.8. The van der Waals surface area contributed by atoms with E-state index < -0.39 is 20.5 Å². The lowest BCUT2D eigenvalue weighted by molar-refractivity contribution is 0.0794. The maximum atomic E-state index is 11.7. The second kappa shape index (κ2) is 12.7. The highest BCUT2D eigenvalue weighted by atomic mass is 28.4. The standard InChI is InChI=1S/C33H49N5O5Si/c1-22(2)28-19-34-38-30(37-11-13-41-14-12-37)18-29(35-31(28)38)25-15-24(23-9-10-23)16-26(17-25)42-21-27(20-36(6)32(39)40)43-44(7,8)33(3,4)5/h15-19,22-23,27H,9-14,20-21H2,1-8H3,(H,39,40). The summed E-state index contributed by atoms with van der Waals surface area (Å²) >= 11 is 0. The average Bonchev–Trinajstić information content (AvgIpc) is 3.73. The van der Waals surface area contributed by atoms with Crippen LogP contribution in [0.25, 0.3) is 16.9 Å². The van der Waals surface area contributed by atoms with E-state index in [0.29, 0.717) is 19.1 Å². The van der Waals surface area contributed by atoms with Crippen LogP contribution in [-0.4, -0.2) is 91.6 Å². The van der Waals surface area contributed by atoms with E-state index in [2.05, 4.69) is 76.9 Å². The molecule has 1 saturated heterocycles. The van der Waals surface area contributed by atoms with Crippen molar-refractivity contribution in [2.75, 3.05) is 51.4 Å². The van der Waals surface area contributed by atoms with Gasteiger partial charge in [0.15, 0.2) is 14.0 Å². The zero-order valence-electron chi connectivity index (χ0n) is 27.6. The number of benzene rings is 1. The van der Waals surface area contributed by atoms with Crippen molar-refractivity contribution in [3.05, 3.63) is 41.6 Å². The minimum Gasteiger partial charge on any atom is -0.491 e. The van der Waals surface area contributed by atoms with Crippen LogP contribution in [0.4, 0.5) is 10.6 Å². The third-order valence-electron chi connectivity index (χ3n) is 9.22. The Bertz CT molecular complexity index is 1470. The normalized spacial score (nSPS) is 16.9. The van der Waals surface area contributed by atoms with E-state index in [1.165, 1.54) is 10.5 Å². The van der Waals surface area contributed by atoms with Crippen LogP contribution in [0.2, 0.25) is 18.1 Å². The van der Waals surface area contributed by atoms with Crippen molar-refractivity contribution in [3.63, 3.8) is 0 Å². The predicted molar refractivity (Wildman–Crippen MR) is 176 cm³/mol. The highest BCUT2D eigenvalue weighted by Gasteiger charge is 2.40. The molecule has 240 valence electrons. The smallest absolute Gasteiger partial charge is 0.407 e. The van der Waals surface area contributed by atoms with Crippen LogP contribution >= 0.6 is 0 Å². The van der Waals surface area contributed by atoms with Crippen LogP contribution in [0.1, 0.15) is 70.4 Å². The highest BCUT2D eigenvalue weighted by molar-refractivity contribution is 6.74. The van der Waals surface area contributed by atoms with Gasteiger partial charge in [0, 0.05) is 37.3 Å². The number of nitrogens with zero attached hydrogens (tertiary/aromatic N) is 5. The molecule has 1 saturated carbocycles. The van der Waals surface area contributed by atoms with Gasteiger partial charge in [-0.25, -0.2) is 9.78 Å². The first-order valence-corrected chi connectivity index (χ1v) is 18.8. The van der Waals surface area contributed by atoms with Crippen molar-refractivity contribution in [1.82, 2.24) is 19.5 Å². The van der Waals surface area contributed by atoms with Gasteiger partial charge in [-0.3, -0.25) is 0 Å². The van der Waals surface area contributed by atoms with Crippen molar-refractivity contribution in [2.45, 2.75) is 83.5 Å². The minimum absolute atomic E-state index is 0.0168. The maximum Gasteiger partial charge on any atom is 0.407 e. The van der Waals surface area contributed by atoms with E-state index >= 15 is 0 Å². The fraction of sp³-hybridized carbons (Fsp3) is 0.606. The predicted octanol–water partition coefficient (Wildman–Crippen LogP) is 6.61. The molecule has 2 aromatic heterocycles. The molecule has 11 heteroatoms. The summed E-state index contributed by atoms with van der Waals surface area (Å²) in [4.78, 5) is 20.5. The molecule has 5 rings (SSSR count). The third-order valence-corrected chi connectivity index (χ3v) is 13.8. The van der Waals surface area contributed by atoms with E-state index in [1.54, 1.807) is 7.05 Å². The molecular formula is C33H49N5O5Si. The number of hydrogen-bond donors (Lipinski definition) is 1. The lowest BCUT2D eigenvalue weighted by atomic mass is 10.0. The second-order valence-corrected chi connectivity index (χ2v) is 18.9. The summed E-state index contributed by atoms with van der Waals surface area (Å²) in [5, 5.41) is 14.3. The number of amides is 1. The number of morpholine rings is 1. The molecule has 0 radical (unpaired) electrons. The Morgan fingerprint density at radius 2 is 1.86 bits per heavy atom. The quantitative estimate of drug-likeness (QED) is 0.238. The number of carbonyl (C=O) groups is 1. The van der Waals surface area contributed by atoms with Crippen molar-refractivity contribution in [2.24, 2.45) is 0 Å². The van der Waals surface area contributed by atoms with Crippen molar-refractivity contribution in [1.29, 1.82) is 0 Å². The number of hydrogen-bond acceptors (Lipinski definition) is 7. The van der Waals surface area contributed by atoms with Crippen LogP contribution < -0.4 is 9.64 Å². The van der Waals surface area contributed by atoms with Gasteiger partial charge in [0.25, 0.3) is 0 Å². The number of fused-ring (bicyclic) bond motifs is 1. The lowest BCUT2D eigenvalue weighted by Crippen LogP contribution is -2.49. The summed E-state index contributed by atoms with van der Waals surface area (Å²) in [6.07, 6.45) is 2.88. The molecule has 0 spiro atoms. The second-order valence-electron chi connectivity index (χ2n) is 14.1. The summed E-state index contributed by atoms with van der Waals surface area (Å²) in [5.41, 5.74) is 5.12. The molecule has 1 aliphatic carbocycles. The Morgan fingerprint density at radius 1 is 1.16 bits per heavy atom. The number of ether oxygens (including phenoxy) is 2. The first kappa shape index (κ1) is 32.2. The number of anilines is 1.